The zero-order valence-corrected chi connectivity index (χ0v) is 15.6. The predicted octanol–water partition coefficient (Wildman–Crippen LogP) is 4.36. The Morgan fingerprint density at radius 2 is 1.70 bits per heavy atom. The summed E-state index contributed by atoms with van der Waals surface area (Å²) in [5.41, 5.74) is 5.76. The fraction of sp³-hybridized carbons (Fsp3) is 0.318. The second-order valence-electron chi connectivity index (χ2n) is 6.81. The molecule has 0 saturated heterocycles. The summed E-state index contributed by atoms with van der Waals surface area (Å²) in [7, 11) is 0. The third kappa shape index (κ3) is 5.51. The van der Waals surface area contributed by atoms with E-state index in [1.54, 1.807) is 24.3 Å². The number of hydrogen-bond donors (Lipinski definition) is 2. The molecular formula is C22H25N3O2. The summed E-state index contributed by atoms with van der Waals surface area (Å²) in [5.74, 6) is -0.0536. The van der Waals surface area contributed by atoms with E-state index in [4.69, 9.17) is 0 Å². The molecule has 2 aromatic carbocycles. The Kier molecular flexibility index (Phi) is 6.36. The normalized spacial score (nSPS) is 13.9. The van der Waals surface area contributed by atoms with Crippen LogP contribution >= 0.6 is 0 Å². The summed E-state index contributed by atoms with van der Waals surface area (Å²) >= 11 is 0. The number of nitrogens with zero attached hydrogens (tertiary/aromatic N) is 1. The fourth-order valence-electron chi connectivity index (χ4n) is 2.72. The van der Waals surface area contributed by atoms with Gasteiger partial charge < -0.3 is 5.32 Å². The van der Waals surface area contributed by atoms with Crippen molar-refractivity contribution in [3.63, 3.8) is 0 Å². The van der Waals surface area contributed by atoms with Gasteiger partial charge in [-0.3, -0.25) is 9.59 Å². The SMILES string of the molecule is CCCC/C(=N/NC(=O)c1ccc(NC(=O)C2CC2)cc1)c1ccccc1. The number of unbranched alkanes of at least 4 members (excludes halogenated alkanes) is 1. The van der Waals surface area contributed by atoms with E-state index < -0.39 is 0 Å². The lowest BCUT2D eigenvalue weighted by atomic mass is 10.1. The lowest BCUT2D eigenvalue weighted by Gasteiger charge is -2.08. The minimum Gasteiger partial charge on any atom is -0.326 e. The summed E-state index contributed by atoms with van der Waals surface area (Å²) in [4.78, 5) is 24.2. The van der Waals surface area contributed by atoms with Crippen molar-refractivity contribution in [1.29, 1.82) is 0 Å². The standard InChI is InChI=1S/C22H25N3O2/c1-2-3-9-20(16-7-5-4-6-8-16)24-25-22(27)18-12-14-19(15-13-18)23-21(26)17-10-11-17/h4-8,12-15,17H,2-3,9-11H2,1H3,(H,23,26)(H,25,27)/b24-20-. The van der Waals surface area contributed by atoms with Crippen molar-refractivity contribution in [3.05, 3.63) is 65.7 Å². The first-order valence-corrected chi connectivity index (χ1v) is 9.50. The van der Waals surface area contributed by atoms with E-state index in [9.17, 15) is 9.59 Å². The van der Waals surface area contributed by atoms with Crippen LogP contribution in [0.2, 0.25) is 0 Å². The van der Waals surface area contributed by atoms with E-state index in [-0.39, 0.29) is 17.7 Å². The molecule has 0 aliphatic heterocycles. The van der Waals surface area contributed by atoms with E-state index in [0.717, 1.165) is 43.4 Å². The van der Waals surface area contributed by atoms with E-state index >= 15 is 0 Å². The molecule has 0 heterocycles. The Hall–Kier alpha value is -2.95. The highest BCUT2D eigenvalue weighted by atomic mass is 16.2. The van der Waals surface area contributed by atoms with Crippen LogP contribution in [0.4, 0.5) is 5.69 Å². The molecule has 3 rings (SSSR count). The van der Waals surface area contributed by atoms with Gasteiger partial charge in [0.25, 0.3) is 5.91 Å². The molecule has 1 aliphatic rings. The Bertz CT molecular complexity index is 809. The summed E-state index contributed by atoms with van der Waals surface area (Å²) in [6.45, 7) is 2.13. The molecule has 1 saturated carbocycles. The summed E-state index contributed by atoms with van der Waals surface area (Å²) in [6.07, 6.45) is 4.82. The van der Waals surface area contributed by atoms with Gasteiger partial charge in [-0.15, -0.1) is 0 Å². The van der Waals surface area contributed by atoms with Gasteiger partial charge in [0, 0.05) is 17.2 Å². The van der Waals surface area contributed by atoms with Gasteiger partial charge in [-0.25, -0.2) is 5.43 Å². The fourth-order valence-corrected chi connectivity index (χ4v) is 2.72. The second kappa shape index (κ2) is 9.12. The Morgan fingerprint density at radius 3 is 2.33 bits per heavy atom. The van der Waals surface area contributed by atoms with Crippen LogP contribution < -0.4 is 10.7 Å². The Balaban J connectivity index is 1.63. The first-order valence-electron chi connectivity index (χ1n) is 9.50. The van der Waals surface area contributed by atoms with Crippen LogP contribution in [0.15, 0.2) is 59.7 Å². The van der Waals surface area contributed by atoms with Crippen molar-refractivity contribution in [1.82, 2.24) is 5.43 Å². The second-order valence-corrected chi connectivity index (χ2v) is 6.81. The minimum absolute atomic E-state index is 0.0558. The van der Waals surface area contributed by atoms with Crippen molar-refractivity contribution in [2.24, 2.45) is 11.0 Å². The molecule has 2 aromatic rings. The molecular weight excluding hydrogens is 338 g/mol. The molecule has 27 heavy (non-hydrogen) atoms. The third-order valence-electron chi connectivity index (χ3n) is 4.53. The maximum atomic E-state index is 12.4. The Labute approximate surface area is 159 Å². The van der Waals surface area contributed by atoms with Crippen molar-refractivity contribution in [2.45, 2.75) is 39.0 Å². The zero-order chi connectivity index (χ0) is 19.1. The highest BCUT2D eigenvalue weighted by Crippen LogP contribution is 2.30. The first-order chi connectivity index (χ1) is 13.2. The maximum Gasteiger partial charge on any atom is 0.271 e. The highest BCUT2D eigenvalue weighted by Gasteiger charge is 2.29. The monoisotopic (exact) mass is 363 g/mol. The van der Waals surface area contributed by atoms with Crippen molar-refractivity contribution in [2.75, 3.05) is 5.32 Å². The minimum atomic E-state index is -0.264. The van der Waals surface area contributed by atoms with Gasteiger partial charge in [0.2, 0.25) is 5.91 Å². The molecule has 0 aromatic heterocycles. The van der Waals surface area contributed by atoms with Crippen LogP contribution in [0.1, 0.15) is 54.9 Å². The van der Waals surface area contributed by atoms with E-state index in [1.807, 2.05) is 30.3 Å². The molecule has 0 bridgehead atoms. The summed E-state index contributed by atoms with van der Waals surface area (Å²) < 4.78 is 0. The van der Waals surface area contributed by atoms with Crippen molar-refractivity contribution < 1.29 is 9.59 Å². The summed E-state index contributed by atoms with van der Waals surface area (Å²) in [5, 5.41) is 7.22. The average molecular weight is 363 g/mol. The molecule has 0 atom stereocenters. The van der Waals surface area contributed by atoms with Crippen molar-refractivity contribution >= 4 is 23.2 Å². The lowest BCUT2D eigenvalue weighted by molar-refractivity contribution is -0.117. The molecule has 1 aliphatic carbocycles. The number of benzene rings is 2. The zero-order valence-electron chi connectivity index (χ0n) is 15.6. The van der Waals surface area contributed by atoms with Gasteiger partial charge in [-0.2, -0.15) is 5.10 Å². The van der Waals surface area contributed by atoms with Crippen LogP contribution in [0.3, 0.4) is 0 Å². The number of amides is 2. The number of carbonyl (C=O) groups excluding carboxylic acids is 2. The van der Waals surface area contributed by atoms with Crippen LogP contribution in [-0.2, 0) is 4.79 Å². The van der Waals surface area contributed by atoms with Crippen LogP contribution in [0, 0.1) is 5.92 Å². The van der Waals surface area contributed by atoms with Gasteiger partial charge in [-0.1, -0.05) is 43.7 Å². The molecule has 2 amide bonds. The number of anilines is 1. The van der Waals surface area contributed by atoms with E-state index in [1.165, 1.54) is 0 Å². The number of hydrazone groups is 1. The van der Waals surface area contributed by atoms with E-state index in [2.05, 4.69) is 22.8 Å². The lowest BCUT2D eigenvalue weighted by Crippen LogP contribution is -2.20. The van der Waals surface area contributed by atoms with E-state index in [0.29, 0.717) is 11.3 Å². The van der Waals surface area contributed by atoms with Gasteiger partial charge >= 0.3 is 0 Å². The van der Waals surface area contributed by atoms with Gasteiger partial charge in [0.05, 0.1) is 5.71 Å². The molecule has 0 radical (unpaired) electrons. The number of carbonyl (C=O) groups is 2. The number of hydrogen-bond acceptors (Lipinski definition) is 3. The van der Waals surface area contributed by atoms with Crippen molar-refractivity contribution in [3.8, 4) is 0 Å². The molecule has 0 spiro atoms. The molecule has 5 nitrogen and oxygen atoms in total. The smallest absolute Gasteiger partial charge is 0.271 e. The van der Waals surface area contributed by atoms with Crippen LogP contribution in [-0.4, -0.2) is 17.5 Å². The average Bonchev–Trinajstić information content (AvgIpc) is 3.54. The topological polar surface area (TPSA) is 70.6 Å². The Morgan fingerprint density at radius 1 is 1.00 bits per heavy atom. The predicted molar refractivity (Wildman–Crippen MR) is 108 cm³/mol. The van der Waals surface area contributed by atoms with Gasteiger partial charge in [0.1, 0.15) is 0 Å². The van der Waals surface area contributed by atoms with Gasteiger partial charge in [-0.05, 0) is 55.5 Å². The third-order valence-corrected chi connectivity index (χ3v) is 4.53. The maximum absolute atomic E-state index is 12.4. The van der Waals surface area contributed by atoms with Gasteiger partial charge in [0.15, 0.2) is 0 Å². The largest absolute Gasteiger partial charge is 0.326 e. The molecule has 1 fully saturated rings. The molecule has 140 valence electrons. The number of nitrogens with one attached hydrogen (secondary N) is 2. The summed E-state index contributed by atoms with van der Waals surface area (Å²) in [6, 6.07) is 16.8. The molecule has 5 heteroatoms. The number of rotatable bonds is 8. The highest BCUT2D eigenvalue weighted by molar-refractivity contribution is 6.02. The van der Waals surface area contributed by atoms with Crippen LogP contribution in [0.25, 0.3) is 0 Å². The molecule has 2 N–H and O–H groups in total. The van der Waals surface area contributed by atoms with Crippen LogP contribution in [0.5, 0.6) is 0 Å². The quantitative estimate of drug-likeness (QED) is 0.540. The molecule has 0 unspecified atom stereocenters. The first kappa shape index (κ1) is 18.8.